The maximum atomic E-state index is 12.1. The van der Waals surface area contributed by atoms with Crippen molar-refractivity contribution in [2.45, 2.75) is 26.7 Å². The Hall–Kier alpha value is -2.82. The van der Waals surface area contributed by atoms with Gasteiger partial charge in [0, 0.05) is 11.4 Å². The van der Waals surface area contributed by atoms with E-state index in [-0.39, 0.29) is 6.03 Å². The molecule has 0 saturated heterocycles. The quantitative estimate of drug-likeness (QED) is 0.787. The van der Waals surface area contributed by atoms with Gasteiger partial charge in [0.2, 0.25) is 0 Å². The van der Waals surface area contributed by atoms with E-state index in [2.05, 4.69) is 24.5 Å². The molecule has 0 spiro atoms. The minimum Gasteiger partial charge on any atom is -0.462 e. The Labute approximate surface area is 142 Å². The molecule has 0 aliphatic carbocycles. The molecule has 5 nitrogen and oxygen atoms in total. The van der Waals surface area contributed by atoms with Gasteiger partial charge >= 0.3 is 12.0 Å². The van der Waals surface area contributed by atoms with E-state index in [9.17, 15) is 9.59 Å². The van der Waals surface area contributed by atoms with Crippen LogP contribution in [0.15, 0.2) is 48.5 Å². The maximum absolute atomic E-state index is 12.1. The van der Waals surface area contributed by atoms with Crippen molar-refractivity contribution in [2.75, 3.05) is 17.2 Å². The molecule has 0 fully saturated rings. The van der Waals surface area contributed by atoms with Crippen LogP contribution in [0.5, 0.6) is 0 Å². The van der Waals surface area contributed by atoms with Crippen molar-refractivity contribution in [2.24, 2.45) is 0 Å². The minimum absolute atomic E-state index is 0.309. The highest BCUT2D eigenvalue weighted by atomic mass is 16.5. The zero-order valence-corrected chi connectivity index (χ0v) is 14.1. The molecule has 2 rings (SSSR count). The van der Waals surface area contributed by atoms with Crippen molar-refractivity contribution in [3.8, 4) is 0 Å². The van der Waals surface area contributed by atoms with E-state index in [0.29, 0.717) is 29.5 Å². The van der Waals surface area contributed by atoms with Crippen molar-refractivity contribution in [1.29, 1.82) is 0 Å². The van der Waals surface area contributed by atoms with Crippen LogP contribution in [0.3, 0.4) is 0 Å². The largest absolute Gasteiger partial charge is 0.462 e. The molecule has 0 atom stereocenters. The highest BCUT2D eigenvalue weighted by molar-refractivity contribution is 6.00. The number of nitrogens with one attached hydrogen (secondary N) is 2. The molecule has 0 aliphatic rings. The van der Waals surface area contributed by atoms with E-state index >= 15 is 0 Å². The van der Waals surface area contributed by atoms with Gasteiger partial charge in [0.25, 0.3) is 0 Å². The molecule has 0 heterocycles. The molecule has 0 unspecified atom stereocenters. The lowest BCUT2D eigenvalue weighted by atomic mass is 10.0. The SMILES string of the molecule is CCOC(=O)c1cccc(NC(=O)Nc2ccc(C(C)C)cc2)c1. The van der Waals surface area contributed by atoms with Gasteiger partial charge in [0.05, 0.1) is 12.2 Å². The number of anilines is 2. The molecule has 0 aromatic heterocycles. The summed E-state index contributed by atoms with van der Waals surface area (Å²) in [6.45, 7) is 6.29. The zero-order chi connectivity index (χ0) is 17.5. The fraction of sp³-hybridized carbons (Fsp3) is 0.263. The fourth-order valence-corrected chi connectivity index (χ4v) is 2.18. The summed E-state index contributed by atoms with van der Waals surface area (Å²) in [6.07, 6.45) is 0. The molecule has 2 N–H and O–H groups in total. The van der Waals surface area contributed by atoms with Crippen LogP contribution < -0.4 is 10.6 Å². The van der Waals surface area contributed by atoms with Crippen LogP contribution in [0.25, 0.3) is 0 Å². The van der Waals surface area contributed by atoms with Crippen LogP contribution in [0.2, 0.25) is 0 Å². The van der Waals surface area contributed by atoms with Crippen molar-refractivity contribution >= 4 is 23.4 Å². The normalized spacial score (nSPS) is 10.3. The lowest BCUT2D eigenvalue weighted by Gasteiger charge is -2.10. The van der Waals surface area contributed by atoms with E-state index in [1.807, 2.05) is 24.3 Å². The molecule has 0 aliphatic heterocycles. The summed E-state index contributed by atoms with van der Waals surface area (Å²) in [4.78, 5) is 23.8. The number of hydrogen-bond acceptors (Lipinski definition) is 3. The Bertz CT molecular complexity index is 709. The van der Waals surface area contributed by atoms with Crippen molar-refractivity contribution in [3.63, 3.8) is 0 Å². The van der Waals surface area contributed by atoms with E-state index in [0.717, 1.165) is 0 Å². The van der Waals surface area contributed by atoms with Gasteiger partial charge in [0.1, 0.15) is 0 Å². The number of urea groups is 1. The van der Waals surface area contributed by atoms with Gasteiger partial charge in [-0.25, -0.2) is 9.59 Å². The number of rotatable bonds is 5. The molecule has 24 heavy (non-hydrogen) atoms. The molecule has 0 radical (unpaired) electrons. The van der Waals surface area contributed by atoms with Gasteiger partial charge < -0.3 is 15.4 Å². The molecular weight excluding hydrogens is 304 g/mol. The lowest BCUT2D eigenvalue weighted by Crippen LogP contribution is -2.19. The van der Waals surface area contributed by atoms with E-state index in [1.165, 1.54) is 5.56 Å². The average molecular weight is 326 g/mol. The van der Waals surface area contributed by atoms with Gasteiger partial charge in [-0.3, -0.25) is 0 Å². The highest BCUT2D eigenvalue weighted by Gasteiger charge is 2.09. The Morgan fingerprint density at radius 1 is 1.00 bits per heavy atom. The Balaban J connectivity index is 1.99. The number of amides is 2. The first-order chi connectivity index (χ1) is 11.5. The molecule has 0 saturated carbocycles. The monoisotopic (exact) mass is 326 g/mol. The van der Waals surface area contributed by atoms with Gasteiger partial charge in [-0.1, -0.05) is 32.0 Å². The van der Waals surface area contributed by atoms with Crippen molar-refractivity contribution < 1.29 is 14.3 Å². The van der Waals surface area contributed by atoms with Crippen LogP contribution in [-0.2, 0) is 4.74 Å². The summed E-state index contributed by atoms with van der Waals surface area (Å²) < 4.78 is 4.95. The third-order valence-electron chi connectivity index (χ3n) is 3.47. The molecule has 2 aromatic rings. The number of ether oxygens (including phenoxy) is 1. The maximum Gasteiger partial charge on any atom is 0.338 e. The van der Waals surface area contributed by atoms with Crippen LogP contribution in [0.1, 0.15) is 42.6 Å². The van der Waals surface area contributed by atoms with Gasteiger partial charge in [-0.2, -0.15) is 0 Å². The fourth-order valence-electron chi connectivity index (χ4n) is 2.18. The molecule has 2 amide bonds. The second-order valence-electron chi connectivity index (χ2n) is 5.66. The topological polar surface area (TPSA) is 67.4 Å². The summed E-state index contributed by atoms with van der Waals surface area (Å²) in [5, 5.41) is 5.47. The first-order valence-electron chi connectivity index (χ1n) is 7.94. The summed E-state index contributed by atoms with van der Waals surface area (Å²) in [5.41, 5.74) is 2.84. The second-order valence-corrected chi connectivity index (χ2v) is 5.66. The third kappa shape index (κ3) is 4.84. The van der Waals surface area contributed by atoms with Crippen LogP contribution >= 0.6 is 0 Å². The van der Waals surface area contributed by atoms with Crippen LogP contribution in [0.4, 0.5) is 16.2 Å². The zero-order valence-electron chi connectivity index (χ0n) is 14.1. The van der Waals surface area contributed by atoms with Crippen LogP contribution in [0, 0.1) is 0 Å². The number of hydrogen-bond donors (Lipinski definition) is 2. The van der Waals surface area contributed by atoms with Gasteiger partial charge in [-0.15, -0.1) is 0 Å². The number of benzene rings is 2. The number of carbonyl (C=O) groups excluding carboxylic acids is 2. The molecule has 5 heteroatoms. The van der Waals surface area contributed by atoms with Crippen molar-refractivity contribution in [1.82, 2.24) is 0 Å². The summed E-state index contributed by atoms with van der Waals surface area (Å²) in [7, 11) is 0. The van der Waals surface area contributed by atoms with Crippen molar-refractivity contribution in [3.05, 3.63) is 59.7 Å². The van der Waals surface area contributed by atoms with Crippen LogP contribution in [-0.4, -0.2) is 18.6 Å². The summed E-state index contributed by atoms with van der Waals surface area (Å²) in [5.74, 6) is 0.0318. The third-order valence-corrected chi connectivity index (χ3v) is 3.47. The lowest BCUT2D eigenvalue weighted by molar-refractivity contribution is 0.0526. The average Bonchev–Trinajstić information content (AvgIpc) is 2.55. The molecule has 2 aromatic carbocycles. The van der Waals surface area contributed by atoms with E-state index in [4.69, 9.17) is 4.74 Å². The number of carbonyl (C=O) groups is 2. The Kier molecular flexibility index (Phi) is 5.95. The summed E-state index contributed by atoms with van der Waals surface area (Å²) >= 11 is 0. The first kappa shape index (κ1) is 17.5. The van der Waals surface area contributed by atoms with E-state index in [1.54, 1.807) is 31.2 Å². The predicted octanol–water partition coefficient (Wildman–Crippen LogP) is 4.63. The van der Waals surface area contributed by atoms with E-state index < -0.39 is 5.97 Å². The second kappa shape index (κ2) is 8.15. The standard InChI is InChI=1S/C19H22N2O3/c1-4-24-18(22)15-6-5-7-17(12-15)21-19(23)20-16-10-8-14(9-11-16)13(2)3/h5-13H,4H2,1-3H3,(H2,20,21,23). The molecule has 126 valence electrons. The molecule has 0 bridgehead atoms. The summed E-state index contributed by atoms with van der Waals surface area (Å²) in [6, 6.07) is 14.0. The Morgan fingerprint density at radius 3 is 2.29 bits per heavy atom. The number of esters is 1. The van der Waals surface area contributed by atoms with Gasteiger partial charge in [-0.05, 0) is 48.7 Å². The first-order valence-corrected chi connectivity index (χ1v) is 7.94. The smallest absolute Gasteiger partial charge is 0.338 e. The van der Waals surface area contributed by atoms with Gasteiger partial charge in [0.15, 0.2) is 0 Å². The molecular formula is C19H22N2O3. The Morgan fingerprint density at radius 2 is 1.67 bits per heavy atom. The predicted molar refractivity (Wildman–Crippen MR) is 95.6 cm³/mol. The minimum atomic E-state index is -0.411. The highest BCUT2D eigenvalue weighted by Crippen LogP contribution is 2.18.